The minimum absolute atomic E-state index is 0.152. The molecule has 0 aliphatic carbocycles. The molecule has 0 bridgehead atoms. The Morgan fingerprint density at radius 2 is 2.15 bits per heavy atom. The lowest BCUT2D eigenvalue weighted by molar-refractivity contribution is 0.137. The van der Waals surface area contributed by atoms with Crippen LogP contribution in [0.5, 0.6) is 0 Å². The number of halogens is 1. The first-order valence-corrected chi connectivity index (χ1v) is 4.77. The average Bonchev–Trinajstić information content (AvgIpc) is 2.14. The fourth-order valence-corrected chi connectivity index (χ4v) is 0.925. The highest BCUT2D eigenvalue weighted by atomic mass is 19.1. The third-order valence-corrected chi connectivity index (χ3v) is 1.61. The van der Waals surface area contributed by atoms with Crippen molar-refractivity contribution in [2.24, 2.45) is 0 Å². The van der Waals surface area contributed by atoms with Gasteiger partial charge in [0, 0.05) is 6.54 Å². The summed E-state index contributed by atoms with van der Waals surface area (Å²) in [5.74, 6) is 0. The fraction of sp³-hybridized carbons (Fsp3) is 0.889. The van der Waals surface area contributed by atoms with Crippen LogP contribution in [0.2, 0.25) is 0 Å². The Balaban J connectivity index is 3.08. The van der Waals surface area contributed by atoms with Crippen molar-refractivity contribution in [3.8, 4) is 0 Å². The first-order chi connectivity index (χ1) is 6.31. The molecule has 4 heteroatoms. The summed E-state index contributed by atoms with van der Waals surface area (Å²) < 4.78 is 16.0. The van der Waals surface area contributed by atoms with Crippen molar-refractivity contribution in [1.29, 1.82) is 0 Å². The van der Waals surface area contributed by atoms with Crippen LogP contribution in [0.15, 0.2) is 0 Å². The molecule has 0 saturated carbocycles. The Morgan fingerprint density at radius 1 is 1.38 bits per heavy atom. The first kappa shape index (κ1) is 12.2. The molecule has 1 N–H and O–H groups in total. The van der Waals surface area contributed by atoms with Gasteiger partial charge in [-0.15, -0.1) is 0 Å². The van der Waals surface area contributed by atoms with E-state index in [0.717, 1.165) is 12.8 Å². The Labute approximate surface area is 78.6 Å². The molecule has 0 spiro atoms. The maximum absolute atomic E-state index is 11.5. The second kappa shape index (κ2) is 9.29. The van der Waals surface area contributed by atoms with Gasteiger partial charge in [-0.3, -0.25) is 0 Å². The molecule has 0 heterocycles. The fourth-order valence-electron chi connectivity index (χ4n) is 0.925. The van der Waals surface area contributed by atoms with E-state index >= 15 is 0 Å². The van der Waals surface area contributed by atoms with Crippen LogP contribution in [0.1, 0.15) is 32.6 Å². The molecule has 3 nitrogen and oxygen atoms in total. The molecule has 0 aromatic heterocycles. The predicted octanol–water partition coefficient (Wildman–Crippen LogP) is 2.26. The molecule has 0 saturated heterocycles. The van der Waals surface area contributed by atoms with Gasteiger partial charge in [0.05, 0.1) is 0 Å². The summed E-state index contributed by atoms with van der Waals surface area (Å²) in [7, 11) is 0. The second-order valence-electron chi connectivity index (χ2n) is 2.81. The van der Waals surface area contributed by atoms with Crippen molar-refractivity contribution in [2.75, 3.05) is 19.8 Å². The molecule has 0 aromatic carbocycles. The first-order valence-electron chi connectivity index (χ1n) is 4.77. The van der Waals surface area contributed by atoms with Crippen molar-refractivity contribution < 1.29 is 13.9 Å². The van der Waals surface area contributed by atoms with Gasteiger partial charge in [0.2, 0.25) is 0 Å². The van der Waals surface area contributed by atoms with E-state index in [1.54, 1.807) is 0 Å². The van der Waals surface area contributed by atoms with Crippen LogP contribution in [0, 0.1) is 0 Å². The lowest BCUT2D eigenvalue weighted by Crippen LogP contribution is -2.25. The van der Waals surface area contributed by atoms with Crippen LogP contribution < -0.4 is 5.32 Å². The third-order valence-electron chi connectivity index (χ3n) is 1.61. The van der Waals surface area contributed by atoms with Gasteiger partial charge >= 0.3 is 6.09 Å². The van der Waals surface area contributed by atoms with Gasteiger partial charge in [0.15, 0.2) is 0 Å². The van der Waals surface area contributed by atoms with E-state index < -0.39 is 12.8 Å². The number of rotatable bonds is 7. The number of carbonyl (C=O) groups is 1. The maximum atomic E-state index is 11.5. The topological polar surface area (TPSA) is 38.3 Å². The highest BCUT2D eigenvalue weighted by molar-refractivity contribution is 5.66. The Bertz CT molecular complexity index is 131. The van der Waals surface area contributed by atoms with Crippen LogP contribution >= 0.6 is 0 Å². The van der Waals surface area contributed by atoms with Crippen molar-refractivity contribution in [3.05, 3.63) is 0 Å². The molecule has 0 atom stereocenters. The number of alkyl carbamates (subject to hydrolysis) is 1. The number of ether oxygens (including phenoxy) is 1. The summed E-state index contributed by atoms with van der Waals surface area (Å²) in [5, 5.41) is 2.55. The SMILES string of the molecule is CCCCCCNC(=O)OCCF. The van der Waals surface area contributed by atoms with Crippen LogP contribution in [0.3, 0.4) is 0 Å². The minimum atomic E-state index is -0.622. The van der Waals surface area contributed by atoms with E-state index in [1.807, 2.05) is 0 Å². The molecule has 1 amide bonds. The minimum Gasteiger partial charge on any atom is -0.447 e. The number of amides is 1. The highest BCUT2D eigenvalue weighted by Gasteiger charge is 1.98. The normalized spacial score (nSPS) is 9.69. The van der Waals surface area contributed by atoms with Gasteiger partial charge in [0.1, 0.15) is 13.3 Å². The quantitative estimate of drug-likeness (QED) is 0.627. The lowest BCUT2D eigenvalue weighted by atomic mass is 10.2. The van der Waals surface area contributed by atoms with E-state index in [0.29, 0.717) is 6.54 Å². The number of unbranched alkanes of at least 4 members (excludes halogenated alkanes) is 3. The number of carbonyl (C=O) groups excluding carboxylic acids is 1. The van der Waals surface area contributed by atoms with Gasteiger partial charge in [0.25, 0.3) is 0 Å². The van der Waals surface area contributed by atoms with E-state index in [2.05, 4.69) is 17.0 Å². The van der Waals surface area contributed by atoms with E-state index in [-0.39, 0.29) is 6.61 Å². The van der Waals surface area contributed by atoms with Crippen LogP contribution in [0.25, 0.3) is 0 Å². The zero-order valence-electron chi connectivity index (χ0n) is 8.14. The maximum Gasteiger partial charge on any atom is 0.407 e. The molecule has 0 fully saturated rings. The summed E-state index contributed by atoms with van der Waals surface area (Å²) in [6.07, 6.45) is 3.90. The summed E-state index contributed by atoms with van der Waals surface area (Å²) in [4.78, 5) is 10.7. The summed E-state index contributed by atoms with van der Waals surface area (Å²) in [6.45, 7) is 1.97. The molecule has 78 valence electrons. The Morgan fingerprint density at radius 3 is 2.77 bits per heavy atom. The van der Waals surface area contributed by atoms with Crippen molar-refractivity contribution in [3.63, 3.8) is 0 Å². The standard InChI is InChI=1S/C9H18FNO2/c1-2-3-4-5-7-11-9(12)13-8-6-10/h2-8H2,1H3,(H,11,12). The summed E-state index contributed by atoms with van der Waals surface area (Å²) in [5.41, 5.74) is 0. The van der Waals surface area contributed by atoms with Crippen molar-refractivity contribution in [2.45, 2.75) is 32.6 Å². The predicted molar refractivity (Wildman–Crippen MR) is 49.5 cm³/mol. The van der Waals surface area contributed by atoms with Gasteiger partial charge in [-0.05, 0) is 6.42 Å². The van der Waals surface area contributed by atoms with Crippen LogP contribution in [0.4, 0.5) is 9.18 Å². The Kier molecular flexibility index (Phi) is 8.72. The molecular weight excluding hydrogens is 173 g/mol. The number of nitrogens with one attached hydrogen (secondary N) is 1. The van der Waals surface area contributed by atoms with E-state index in [9.17, 15) is 9.18 Å². The van der Waals surface area contributed by atoms with Crippen molar-refractivity contribution >= 4 is 6.09 Å². The monoisotopic (exact) mass is 191 g/mol. The average molecular weight is 191 g/mol. The zero-order chi connectivity index (χ0) is 9.94. The molecule has 0 radical (unpaired) electrons. The van der Waals surface area contributed by atoms with Gasteiger partial charge in [-0.2, -0.15) is 0 Å². The molecule has 0 aliphatic heterocycles. The molecule has 0 unspecified atom stereocenters. The third kappa shape index (κ3) is 9.11. The van der Waals surface area contributed by atoms with E-state index in [4.69, 9.17) is 0 Å². The molecular formula is C9H18FNO2. The summed E-state index contributed by atoms with van der Waals surface area (Å²) >= 11 is 0. The lowest BCUT2D eigenvalue weighted by Gasteiger charge is -2.04. The second-order valence-corrected chi connectivity index (χ2v) is 2.81. The number of hydrogen-bond acceptors (Lipinski definition) is 2. The van der Waals surface area contributed by atoms with Crippen LogP contribution in [-0.4, -0.2) is 25.9 Å². The zero-order valence-corrected chi connectivity index (χ0v) is 8.14. The molecule has 0 rings (SSSR count). The van der Waals surface area contributed by atoms with Crippen LogP contribution in [-0.2, 0) is 4.74 Å². The number of hydrogen-bond donors (Lipinski definition) is 1. The molecule has 0 aromatic rings. The van der Waals surface area contributed by atoms with Gasteiger partial charge < -0.3 is 10.1 Å². The Hall–Kier alpha value is -0.800. The molecule has 0 aliphatic rings. The van der Waals surface area contributed by atoms with Gasteiger partial charge in [-0.1, -0.05) is 26.2 Å². The largest absolute Gasteiger partial charge is 0.447 e. The van der Waals surface area contributed by atoms with E-state index in [1.165, 1.54) is 12.8 Å². The molecule has 13 heavy (non-hydrogen) atoms. The highest BCUT2D eigenvalue weighted by Crippen LogP contribution is 1.96. The van der Waals surface area contributed by atoms with Gasteiger partial charge in [-0.25, -0.2) is 9.18 Å². The van der Waals surface area contributed by atoms with Crippen molar-refractivity contribution in [1.82, 2.24) is 5.32 Å². The summed E-state index contributed by atoms with van der Waals surface area (Å²) in [6, 6.07) is 0. The smallest absolute Gasteiger partial charge is 0.407 e. The number of alkyl halides is 1.